The molecule has 2 aromatic rings. The van der Waals surface area contributed by atoms with E-state index in [4.69, 9.17) is 4.42 Å². The first kappa shape index (κ1) is 19.1. The van der Waals surface area contributed by atoms with Gasteiger partial charge in [-0.1, -0.05) is 32.0 Å². The van der Waals surface area contributed by atoms with Crippen LogP contribution in [0.25, 0.3) is 11.5 Å². The zero-order valence-electron chi connectivity index (χ0n) is 16.0. The summed E-state index contributed by atoms with van der Waals surface area (Å²) in [7, 11) is 0. The van der Waals surface area contributed by atoms with E-state index in [1.165, 1.54) is 0 Å². The molecule has 27 heavy (non-hydrogen) atoms. The van der Waals surface area contributed by atoms with Crippen molar-refractivity contribution >= 4 is 11.8 Å². The molecule has 1 saturated heterocycles. The molecule has 1 aromatic heterocycles. The number of benzene rings is 1. The molecule has 2 amide bonds. The summed E-state index contributed by atoms with van der Waals surface area (Å²) in [5, 5.41) is 2.98. The largest absolute Gasteiger partial charge is 0.444 e. The highest BCUT2D eigenvalue weighted by molar-refractivity contribution is 5.82. The summed E-state index contributed by atoms with van der Waals surface area (Å²) in [4.78, 5) is 30.9. The van der Waals surface area contributed by atoms with Crippen molar-refractivity contribution in [3.8, 4) is 11.5 Å². The van der Waals surface area contributed by atoms with Crippen LogP contribution in [0.4, 0.5) is 0 Å². The van der Waals surface area contributed by atoms with E-state index in [2.05, 4.69) is 10.3 Å². The number of nitrogens with one attached hydrogen (secondary N) is 1. The van der Waals surface area contributed by atoms with Gasteiger partial charge in [0.05, 0.1) is 11.6 Å². The van der Waals surface area contributed by atoms with Crippen LogP contribution in [0.1, 0.15) is 32.4 Å². The van der Waals surface area contributed by atoms with Gasteiger partial charge in [0.1, 0.15) is 6.26 Å². The number of aromatic nitrogens is 1. The highest BCUT2D eigenvalue weighted by Crippen LogP contribution is 2.19. The molecule has 0 saturated carbocycles. The minimum Gasteiger partial charge on any atom is -0.444 e. The van der Waals surface area contributed by atoms with Crippen molar-refractivity contribution in [3.05, 3.63) is 42.3 Å². The standard InChI is InChI=1S/C21H27N3O3/c1-15(2)21(26)24-12-6-9-17(13-24)19(25)22-11-10-18-14-27-20(23-18)16-7-4-3-5-8-16/h3-5,7-8,14-15,17H,6,9-13H2,1-2H3,(H,22,25). The molecule has 0 radical (unpaired) electrons. The Kier molecular flexibility index (Phi) is 6.27. The van der Waals surface area contributed by atoms with Gasteiger partial charge in [-0.15, -0.1) is 0 Å². The number of hydrogen-bond donors (Lipinski definition) is 1. The van der Waals surface area contributed by atoms with Crippen LogP contribution in [0.2, 0.25) is 0 Å². The molecule has 1 aliphatic rings. The van der Waals surface area contributed by atoms with Gasteiger partial charge in [0.25, 0.3) is 0 Å². The molecule has 0 spiro atoms. The molecular weight excluding hydrogens is 342 g/mol. The Labute approximate surface area is 160 Å². The maximum absolute atomic E-state index is 12.5. The van der Waals surface area contributed by atoms with Crippen LogP contribution in [0, 0.1) is 11.8 Å². The number of carbonyl (C=O) groups is 2. The van der Waals surface area contributed by atoms with E-state index in [-0.39, 0.29) is 23.7 Å². The minimum atomic E-state index is -0.126. The normalized spacial score (nSPS) is 17.1. The lowest BCUT2D eigenvalue weighted by molar-refractivity contribution is -0.138. The molecule has 6 heteroatoms. The molecule has 6 nitrogen and oxygen atoms in total. The number of hydrogen-bond acceptors (Lipinski definition) is 4. The van der Waals surface area contributed by atoms with Gasteiger partial charge >= 0.3 is 0 Å². The van der Waals surface area contributed by atoms with Crippen molar-refractivity contribution in [1.82, 2.24) is 15.2 Å². The lowest BCUT2D eigenvalue weighted by Crippen LogP contribution is -2.46. The summed E-state index contributed by atoms with van der Waals surface area (Å²) < 4.78 is 5.52. The van der Waals surface area contributed by atoms with E-state index in [1.807, 2.05) is 49.1 Å². The fraction of sp³-hybridized carbons (Fsp3) is 0.476. The highest BCUT2D eigenvalue weighted by atomic mass is 16.3. The second kappa shape index (κ2) is 8.84. The molecule has 1 atom stereocenters. The zero-order valence-corrected chi connectivity index (χ0v) is 16.0. The molecular formula is C21H27N3O3. The van der Waals surface area contributed by atoms with Crippen molar-refractivity contribution in [1.29, 1.82) is 0 Å². The van der Waals surface area contributed by atoms with Crippen LogP contribution in [0.3, 0.4) is 0 Å². The summed E-state index contributed by atoms with van der Waals surface area (Å²) in [6.07, 6.45) is 3.96. The average Bonchev–Trinajstić information content (AvgIpc) is 3.17. The Bertz CT molecular complexity index is 770. The fourth-order valence-corrected chi connectivity index (χ4v) is 3.35. The van der Waals surface area contributed by atoms with E-state index >= 15 is 0 Å². The summed E-state index contributed by atoms with van der Waals surface area (Å²) >= 11 is 0. The van der Waals surface area contributed by atoms with E-state index in [9.17, 15) is 9.59 Å². The second-order valence-electron chi connectivity index (χ2n) is 7.33. The van der Waals surface area contributed by atoms with E-state index < -0.39 is 0 Å². The molecule has 1 aromatic carbocycles. The Morgan fingerprint density at radius 3 is 2.81 bits per heavy atom. The predicted octanol–water partition coefficient (Wildman–Crippen LogP) is 2.89. The van der Waals surface area contributed by atoms with Crippen molar-refractivity contribution < 1.29 is 14.0 Å². The van der Waals surface area contributed by atoms with Crippen LogP contribution in [0.5, 0.6) is 0 Å². The van der Waals surface area contributed by atoms with Crippen molar-refractivity contribution in [2.45, 2.75) is 33.1 Å². The Morgan fingerprint density at radius 1 is 1.30 bits per heavy atom. The number of nitrogens with zero attached hydrogens (tertiary/aromatic N) is 2. The van der Waals surface area contributed by atoms with Gasteiger partial charge in [-0.3, -0.25) is 9.59 Å². The van der Waals surface area contributed by atoms with E-state index in [0.717, 1.165) is 30.6 Å². The van der Waals surface area contributed by atoms with E-state index in [0.29, 0.717) is 25.4 Å². The molecule has 1 unspecified atom stereocenters. The number of rotatable bonds is 6. The van der Waals surface area contributed by atoms with E-state index in [1.54, 1.807) is 6.26 Å². The third kappa shape index (κ3) is 4.96. The maximum Gasteiger partial charge on any atom is 0.226 e. The highest BCUT2D eigenvalue weighted by Gasteiger charge is 2.29. The van der Waals surface area contributed by atoms with Crippen molar-refractivity contribution in [2.24, 2.45) is 11.8 Å². The Balaban J connectivity index is 1.47. The van der Waals surface area contributed by atoms with Gasteiger partial charge in [0.2, 0.25) is 17.7 Å². The van der Waals surface area contributed by atoms with Gasteiger partial charge in [0.15, 0.2) is 0 Å². The lowest BCUT2D eigenvalue weighted by Gasteiger charge is -2.33. The van der Waals surface area contributed by atoms with Crippen molar-refractivity contribution in [2.75, 3.05) is 19.6 Å². The summed E-state index contributed by atoms with van der Waals surface area (Å²) in [5.41, 5.74) is 1.75. The Hall–Kier alpha value is -2.63. The molecule has 0 aliphatic carbocycles. The molecule has 2 heterocycles. The summed E-state index contributed by atoms with van der Waals surface area (Å²) in [5.74, 6) is 0.579. The molecule has 3 rings (SSSR count). The van der Waals surface area contributed by atoms with Gasteiger partial charge < -0.3 is 14.6 Å². The van der Waals surface area contributed by atoms with Crippen LogP contribution in [-0.2, 0) is 16.0 Å². The van der Waals surface area contributed by atoms with Crippen LogP contribution >= 0.6 is 0 Å². The van der Waals surface area contributed by atoms with Crippen LogP contribution in [-0.4, -0.2) is 41.3 Å². The quantitative estimate of drug-likeness (QED) is 0.849. The molecule has 144 valence electrons. The predicted molar refractivity (Wildman–Crippen MR) is 103 cm³/mol. The molecule has 0 bridgehead atoms. The average molecular weight is 369 g/mol. The SMILES string of the molecule is CC(C)C(=O)N1CCCC(C(=O)NCCc2coc(-c3ccccc3)n2)C1. The Morgan fingerprint density at radius 2 is 2.07 bits per heavy atom. The molecule has 1 aliphatic heterocycles. The van der Waals surface area contributed by atoms with Crippen LogP contribution < -0.4 is 5.32 Å². The molecule has 1 N–H and O–H groups in total. The fourth-order valence-electron chi connectivity index (χ4n) is 3.35. The van der Waals surface area contributed by atoms with Gasteiger partial charge in [0, 0.05) is 37.5 Å². The third-order valence-corrected chi connectivity index (χ3v) is 4.85. The van der Waals surface area contributed by atoms with Gasteiger partial charge in [-0.05, 0) is 25.0 Å². The lowest BCUT2D eigenvalue weighted by atomic mass is 9.96. The van der Waals surface area contributed by atoms with Crippen molar-refractivity contribution in [3.63, 3.8) is 0 Å². The smallest absolute Gasteiger partial charge is 0.226 e. The topological polar surface area (TPSA) is 75.4 Å². The monoisotopic (exact) mass is 369 g/mol. The van der Waals surface area contributed by atoms with Gasteiger partial charge in [-0.2, -0.15) is 0 Å². The first-order chi connectivity index (χ1) is 13.0. The van der Waals surface area contributed by atoms with Crippen LogP contribution in [0.15, 0.2) is 41.0 Å². The first-order valence-corrected chi connectivity index (χ1v) is 9.61. The molecule has 1 fully saturated rings. The maximum atomic E-state index is 12.5. The summed E-state index contributed by atoms with van der Waals surface area (Å²) in [6.45, 7) is 5.57. The number of piperidine rings is 1. The second-order valence-corrected chi connectivity index (χ2v) is 7.33. The number of likely N-dealkylation sites (tertiary alicyclic amines) is 1. The zero-order chi connectivity index (χ0) is 19.2. The number of carbonyl (C=O) groups excluding carboxylic acids is 2. The number of oxazole rings is 1. The first-order valence-electron chi connectivity index (χ1n) is 9.61. The van der Waals surface area contributed by atoms with Gasteiger partial charge in [-0.25, -0.2) is 4.98 Å². The number of amides is 2. The summed E-state index contributed by atoms with van der Waals surface area (Å²) in [6, 6.07) is 9.73. The third-order valence-electron chi connectivity index (χ3n) is 4.85. The minimum absolute atomic E-state index is 0.0167.